The summed E-state index contributed by atoms with van der Waals surface area (Å²) in [5.74, 6) is 0.802. The molecule has 2 aromatic rings. The van der Waals surface area contributed by atoms with E-state index < -0.39 is 0 Å². The van der Waals surface area contributed by atoms with E-state index in [0.29, 0.717) is 5.41 Å². The number of benzene rings is 2. The zero-order valence-electron chi connectivity index (χ0n) is 10.5. The Morgan fingerprint density at radius 2 is 1.88 bits per heavy atom. The van der Waals surface area contributed by atoms with E-state index in [4.69, 9.17) is 0 Å². The third kappa shape index (κ3) is 1.66. The van der Waals surface area contributed by atoms with Gasteiger partial charge in [0.15, 0.2) is 0 Å². The molecule has 1 N–H and O–H groups in total. The van der Waals surface area contributed by atoms with Gasteiger partial charge in [-0.15, -0.1) is 0 Å². The maximum absolute atomic E-state index is 3.35. The van der Waals surface area contributed by atoms with Gasteiger partial charge in [0, 0.05) is 12.0 Å². The fourth-order valence-electron chi connectivity index (χ4n) is 3.05. The fourth-order valence-corrected chi connectivity index (χ4v) is 3.05. The molecule has 17 heavy (non-hydrogen) atoms. The smallest absolute Gasteiger partial charge is 0.0107 e. The summed E-state index contributed by atoms with van der Waals surface area (Å²) in [7, 11) is 2.05. The van der Waals surface area contributed by atoms with Crippen molar-refractivity contribution in [3.63, 3.8) is 0 Å². The highest BCUT2D eigenvalue weighted by Crippen LogP contribution is 2.53. The Hall–Kier alpha value is -1.34. The highest BCUT2D eigenvalue weighted by Gasteiger charge is 2.51. The quantitative estimate of drug-likeness (QED) is 0.844. The molecule has 2 atom stereocenters. The summed E-state index contributed by atoms with van der Waals surface area (Å²) in [5, 5.41) is 6.05. The minimum atomic E-state index is 0.388. The third-order valence-corrected chi connectivity index (χ3v) is 4.27. The molecule has 0 heterocycles. The van der Waals surface area contributed by atoms with Crippen LogP contribution in [0.3, 0.4) is 0 Å². The standard InChI is InChI=1S/C16H19N/c1-12-10-16(12,11-17-2)15-8-7-13-5-3-4-6-14(13)9-15/h3-9,12,17H,10-11H2,1-2H3. The lowest BCUT2D eigenvalue weighted by Gasteiger charge is -2.17. The number of nitrogens with one attached hydrogen (secondary N) is 1. The van der Waals surface area contributed by atoms with Crippen LogP contribution >= 0.6 is 0 Å². The van der Waals surface area contributed by atoms with Gasteiger partial charge in [-0.1, -0.05) is 49.4 Å². The van der Waals surface area contributed by atoms with Crippen LogP contribution < -0.4 is 5.32 Å². The minimum Gasteiger partial charge on any atom is -0.319 e. The summed E-state index contributed by atoms with van der Waals surface area (Å²) in [6, 6.07) is 15.5. The second-order valence-corrected chi connectivity index (χ2v) is 5.35. The van der Waals surface area contributed by atoms with Crippen LogP contribution in [-0.4, -0.2) is 13.6 Å². The lowest BCUT2D eigenvalue weighted by Crippen LogP contribution is -2.25. The van der Waals surface area contributed by atoms with Gasteiger partial charge in [0.05, 0.1) is 0 Å². The van der Waals surface area contributed by atoms with Crippen molar-refractivity contribution in [2.24, 2.45) is 5.92 Å². The summed E-state index contributed by atoms with van der Waals surface area (Å²) in [6.07, 6.45) is 1.31. The molecular weight excluding hydrogens is 206 g/mol. The first-order chi connectivity index (χ1) is 8.26. The number of likely N-dealkylation sites (N-methyl/N-ethyl adjacent to an activating group) is 1. The molecule has 0 aromatic heterocycles. The van der Waals surface area contributed by atoms with Crippen LogP contribution in [0.25, 0.3) is 10.8 Å². The molecule has 0 amide bonds. The lowest BCUT2D eigenvalue weighted by molar-refractivity contribution is 0.581. The number of hydrogen-bond donors (Lipinski definition) is 1. The van der Waals surface area contributed by atoms with Crippen molar-refractivity contribution in [2.45, 2.75) is 18.8 Å². The minimum absolute atomic E-state index is 0.388. The van der Waals surface area contributed by atoms with E-state index in [9.17, 15) is 0 Å². The SMILES string of the molecule is CNCC1(c2ccc3ccccc3c2)CC1C. The molecule has 1 nitrogen and oxygen atoms in total. The van der Waals surface area contributed by atoms with Crippen molar-refractivity contribution < 1.29 is 0 Å². The number of hydrogen-bond acceptors (Lipinski definition) is 1. The highest BCUT2D eigenvalue weighted by atomic mass is 14.9. The second kappa shape index (κ2) is 3.85. The van der Waals surface area contributed by atoms with Crippen molar-refractivity contribution in [3.05, 3.63) is 48.0 Å². The molecule has 0 radical (unpaired) electrons. The summed E-state index contributed by atoms with van der Waals surface area (Å²) >= 11 is 0. The maximum Gasteiger partial charge on any atom is 0.0107 e. The van der Waals surface area contributed by atoms with Crippen LogP contribution in [0.5, 0.6) is 0 Å². The summed E-state index contributed by atoms with van der Waals surface area (Å²) < 4.78 is 0. The lowest BCUT2D eigenvalue weighted by atomic mass is 9.91. The zero-order valence-corrected chi connectivity index (χ0v) is 10.5. The Balaban J connectivity index is 2.06. The first-order valence-corrected chi connectivity index (χ1v) is 6.40. The average molecular weight is 225 g/mol. The van der Waals surface area contributed by atoms with E-state index in [1.165, 1.54) is 22.8 Å². The van der Waals surface area contributed by atoms with Gasteiger partial charge >= 0.3 is 0 Å². The molecule has 2 unspecified atom stereocenters. The summed E-state index contributed by atoms with van der Waals surface area (Å²) in [6.45, 7) is 3.44. The third-order valence-electron chi connectivity index (χ3n) is 4.27. The summed E-state index contributed by atoms with van der Waals surface area (Å²) in [5.41, 5.74) is 1.89. The largest absolute Gasteiger partial charge is 0.319 e. The fraction of sp³-hybridized carbons (Fsp3) is 0.375. The molecule has 1 aliphatic rings. The molecule has 0 spiro atoms. The molecule has 88 valence electrons. The van der Waals surface area contributed by atoms with E-state index in [1.807, 2.05) is 7.05 Å². The molecule has 1 aliphatic carbocycles. The molecule has 3 rings (SSSR count). The first kappa shape index (κ1) is 10.8. The van der Waals surface area contributed by atoms with Crippen LogP contribution in [0.4, 0.5) is 0 Å². The van der Waals surface area contributed by atoms with Crippen molar-refractivity contribution in [1.82, 2.24) is 5.32 Å². The molecule has 1 fully saturated rings. The molecule has 1 heteroatoms. The van der Waals surface area contributed by atoms with E-state index in [1.54, 1.807) is 0 Å². The average Bonchev–Trinajstić information content (AvgIpc) is 3.01. The zero-order chi connectivity index (χ0) is 11.9. The Bertz CT molecular complexity index is 546. The van der Waals surface area contributed by atoms with E-state index >= 15 is 0 Å². The molecule has 1 saturated carbocycles. The van der Waals surface area contributed by atoms with Crippen LogP contribution in [0.15, 0.2) is 42.5 Å². The van der Waals surface area contributed by atoms with Gasteiger partial charge in [-0.3, -0.25) is 0 Å². The normalized spacial score (nSPS) is 27.3. The van der Waals surface area contributed by atoms with Crippen LogP contribution in [-0.2, 0) is 5.41 Å². The van der Waals surface area contributed by atoms with Gasteiger partial charge in [-0.2, -0.15) is 0 Å². The molecule has 0 bridgehead atoms. The topological polar surface area (TPSA) is 12.0 Å². The predicted molar refractivity (Wildman–Crippen MR) is 73.3 cm³/mol. The van der Waals surface area contributed by atoms with E-state index in [2.05, 4.69) is 54.7 Å². The highest BCUT2D eigenvalue weighted by molar-refractivity contribution is 5.83. The molecule has 2 aromatic carbocycles. The predicted octanol–water partition coefficient (Wildman–Crippen LogP) is 3.34. The van der Waals surface area contributed by atoms with Gasteiger partial charge in [0.2, 0.25) is 0 Å². The van der Waals surface area contributed by atoms with E-state index in [0.717, 1.165) is 12.5 Å². The van der Waals surface area contributed by atoms with Crippen molar-refractivity contribution in [2.75, 3.05) is 13.6 Å². The van der Waals surface area contributed by atoms with Crippen molar-refractivity contribution >= 4 is 10.8 Å². The Kier molecular flexibility index (Phi) is 2.44. The van der Waals surface area contributed by atoms with Gasteiger partial charge < -0.3 is 5.32 Å². The van der Waals surface area contributed by atoms with Gasteiger partial charge in [0.25, 0.3) is 0 Å². The Morgan fingerprint density at radius 1 is 1.18 bits per heavy atom. The Labute approximate surface area is 103 Å². The van der Waals surface area contributed by atoms with E-state index in [-0.39, 0.29) is 0 Å². The van der Waals surface area contributed by atoms with Crippen molar-refractivity contribution in [3.8, 4) is 0 Å². The second-order valence-electron chi connectivity index (χ2n) is 5.35. The van der Waals surface area contributed by atoms with Crippen LogP contribution in [0.2, 0.25) is 0 Å². The molecule has 0 aliphatic heterocycles. The first-order valence-electron chi connectivity index (χ1n) is 6.40. The van der Waals surface area contributed by atoms with Gasteiger partial charge in [0.1, 0.15) is 0 Å². The summed E-state index contributed by atoms with van der Waals surface area (Å²) in [4.78, 5) is 0. The maximum atomic E-state index is 3.35. The van der Waals surface area contributed by atoms with Crippen LogP contribution in [0, 0.1) is 5.92 Å². The Morgan fingerprint density at radius 3 is 2.53 bits per heavy atom. The van der Waals surface area contributed by atoms with Gasteiger partial charge in [-0.05, 0) is 35.7 Å². The molecular formula is C16H19N. The van der Waals surface area contributed by atoms with Gasteiger partial charge in [-0.25, -0.2) is 0 Å². The number of fused-ring (bicyclic) bond motifs is 1. The monoisotopic (exact) mass is 225 g/mol. The van der Waals surface area contributed by atoms with Crippen molar-refractivity contribution in [1.29, 1.82) is 0 Å². The number of rotatable bonds is 3. The van der Waals surface area contributed by atoms with Crippen LogP contribution in [0.1, 0.15) is 18.9 Å². The molecule has 0 saturated heterocycles.